The Labute approximate surface area is 172 Å². The van der Waals surface area contributed by atoms with E-state index in [1.807, 2.05) is 19.9 Å². The van der Waals surface area contributed by atoms with E-state index >= 15 is 0 Å². The maximum atomic E-state index is 5.73. The fraction of sp³-hybridized carbons (Fsp3) is 0.348. The van der Waals surface area contributed by atoms with Gasteiger partial charge in [0.1, 0.15) is 5.82 Å². The normalized spacial score (nSPS) is 16.0. The van der Waals surface area contributed by atoms with Gasteiger partial charge in [-0.2, -0.15) is 0 Å². The van der Waals surface area contributed by atoms with Crippen LogP contribution >= 0.6 is 0 Å². The van der Waals surface area contributed by atoms with Gasteiger partial charge in [0.05, 0.1) is 17.1 Å². The molecule has 29 heavy (non-hydrogen) atoms. The maximum Gasteiger partial charge on any atom is 0.150 e. The van der Waals surface area contributed by atoms with Crippen molar-refractivity contribution in [3.8, 4) is 11.3 Å². The molecule has 1 fully saturated rings. The predicted molar refractivity (Wildman–Crippen MR) is 118 cm³/mol. The Morgan fingerprint density at radius 2 is 1.62 bits per heavy atom. The number of anilines is 2. The standard InChI is InChI=1S/C23H28N6/c1-16-22(20-9-10-21(24)25-15-20)27-23(17(2)26-16)29-13-11-28(12-14-29)18(3)19-7-5-4-6-8-19/h4-10,15,18H,11-14H2,1-3H3,(H2,24,25). The molecule has 0 spiro atoms. The zero-order valence-corrected chi connectivity index (χ0v) is 17.3. The SMILES string of the molecule is Cc1nc(C)c(N2CCN(C(C)c3ccccc3)CC2)nc1-c1ccc(N)nc1. The van der Waals surface area contributed by atoms with E-state index in [0.29, 0.717) is 11.9 Å². The average Bonchev–Trinajstić information content (AvgIpc) is 2.75. The van der Waals surface area contributed by atoms with E-state index in [0.717, 1.165) is 54.6 Å². The van der Waals surface area contributed by atoms with E-state index in [1.54, 1.807) is 12.3 Å². The van der Waals surface area contributed by atoms with Crippen molar-refractivity contribution in [2.75, 3.05) is 36.8 Å². The van der Waals surface area contributed by atoms with E-state index in [2.05, 4.69) is 52.0 Å². The molecule has 2 N–H and O–H groups in total. The number of benzene rings is 1. The number of hydrogen-bond acceptors (Lipinski definition) is 6. The summed E-state index contributed by atoms with van der Waals surface area (Å²) in [5, 5.41) is 0. The molecule has 3 aromatic rings. The highest BCUT2D eigenvalue weighted by Crippen LogP contribution is 2.27. The molecule has 1 aromatic carbocycles. The lowest BCUT2D eigenvalue weighted by atomic mass is 10.1. The highest BCUT2D eigenvalue weighted by Gasteiger charge is 2.24. The molecule has 4 rings (SSSR count). The minimum absolute atomic E-state index is 0.417. The van der Waals surface area contributed by atoms with Crippen LogP contribution in [0.2, 0.25) is 0 Å². The summed E-state index contributed by atoms with van der Waals surface area (Å²) >= 11 is 0. The number of aromatic nitrogens is 3. The van der Waals surface area contributed by atoms with Gasteiger partial charge in [-0.1, -0.05) is 30.3 Å². The molecule has 0 aliphatic carbocycles. The predicted octanol–water partition coefficient (Wildman–Crippen LogP) is 3.62. The zero-order chi connectivity index (χ0) is 20.4. The summed E-state index contributed by atoms with van der Waals surface area (Å²) in [4.78, 5) is 18.9. The summed E-state index contributed by atoms with van der Waals surface area (Å²) in [5.74, 6) is 1.48. The maximum absolute atomic E-state index is 5.73. The van der Waals surface area contributed by atoms with Gasteiger partial charge in [-0.15, -0.1) is 0 Å². The molecular weight excluding hydrogens is 360 g/mol. The Balaban J connectivity index is 1.52. The number of nitrogens with two attached hydrogens (primary N) is 1. The highest BCUT2D eigenvalue weighted by atomic mass is 15.3. The van der Waals surface area contributed by atoms with E-state index in [4.69, 9.17) is 15.7 Å². The van der Waals surface area contributed by atoms with Crippen molar-refractivity contribution in [2.45, 2.75) is 26.8 Å². The molecule has 1 aliphatic rings. The lowest BCUT2D eigenvalue weighted by Gasteiger charge is -2.39. The monoisotopic (exact) mass is 388 g/mol. The Morgan fingerprint density at radius 3 is 2.28 bits per heavy atom. The van der Waals surface area contributed by atoms with Gasteiger partial charge in [0.25, 0.3) is 0 Å². The highest BCUT2D eigenvalue weighted by molar-refractivity contribution is 5.64. The van der Waals surface area contributed by atoms with E-state index in [-0.39, 0.29) is 0 Å². The zero-order valence-electron chi connectivity index (χ0n) is 17.3. The van der Waals surface area contributed by atoms with Gasteiger partial charge in [0, 0.05) is 44.0 Å². The molecule has 2 aromatic heterocycles. The number of nitrogen functional groups attached to an aromatic ring is 1. The largest absolute Gasteiger partial charge is 0.384 e. The molecule has 1 atom stereocenters. The Morgan fingerprint density at radius 1 is 0.897 bits per heavy atom. The molecule has 1 saturated heterocycles. The number of nitrogens with zero attached hydrogens (tertiary/aromatic N) is 5. The van der Waals surface area contributed by atoms with Crippen molar-refractivity contribution in [3.63, 3.8) is 0 Å². The van der Waals surface area contributed by atoms with Crippen molar-refractivity contribution in [3.05, 3.63) is 65.6 Å². The van der Waals surface area contributed by atoms with Crippen molar-refractivity contribution in [1.82, 2.24) is 19.9 Å². The van der Waals surface area contributed by atoms with Gasteiger partial charge in [0.15, 0.2) is 5.82 Å². The summed E-state index contributed by atoms with van der Waals surface area (Å²) in [7, 11) is 0. The Hall–Kier alpha value is -2.99. The molecule has 0 bridgehead atoms. The molecule has 3 heterocycles. The van der Waals surface area contributed by atoms with Crippen molar-refractivity contribution in [2.24, 2.45) is 0 Å². The van der Waals surface area contributed by atoms with Crippen LogP contribution in [0.25, 0.3) is 11.3 Å². The second kappa shape index (κ2) is 8.17. The molecule has 6 nitrogen and oxygen atoms in total. The molecule has 6 heteroatoms. The first-order valence-electron chi connectivity index (χ1n) is 10.1. The van der Waals surface area contributed by atoms with Gasteiger partial charge in [-0.05, 0) is 38.5 Å². The molecule has 0 amide bonds. The smallest absolute Gasteiger partial charge is 0.150 e. The van der Waals surface area contributed by atoms with Gasteiger partial charge in [0.2, 0.25) is 0 Å². The van der Waals surface area contributed by atoms with E-state index in [9.17, 15) is 0 Å². The molecule has 1 aliphatic heterocycles. The summed E-state index contributed by atoms with van der Waals surface area (Å²) in [6, 6.07) is 14.9. The minimum Gasteiger partial charge on any atom is -0.384 e. The summed E-state index contributed by atoms with van der Waals surface area (Å²) in [6.07, 6.45) is 1.77. The number of rotatable bonds is 4. The van der Waals surface area contributed by atoms with Crippen LogP contribution in [0.15, 0.2) is 48.7 Å². The third kappa shape index (κ3) is 4.07. The summed E-state index contributed by atoms with van der Waals surface area (Å²) < 4.78 is 0. The first-order chi connectivity index (χ1) is 14.0. The van der Waals surface area contributed by atoms with Crippen molar-refractivity contribution >= 4 is 11.6 Å². The average molecular weight is 389 g/mol. The molecule has 150 valence electrons. The van der Waals surface area contributed by atoms with Crippen molar-refractivity contribution in [1.29, 1.82) is 0 Å². The lowest BCUT2D eigenvalue weighted by molar-refractivity contribution is 0.198. The summed E-state index contributed by atoms with van der Waals surface area (Å²) in [5.41, 5.74) is 10.8. The summed E-state index contributed by atoms with van der Waals surface area (Å²) in [6.45, 7) is 10.2. The Bertz CT molecular complexity index is 963. The van der Waals surface area contributed by atoms with Crippen LogP contribution in [0.3, 0.4) is 0 Å². The number of pyridine rings is 1. The Kier molecular flexibility index (Phi) is 5.45. The van der Waals surface area contributed by atoms with Crippen LogP contribution in [0.5, 0.6) is 0 Å². The van der Waals surface area contributed by atoms with Gasteiger partial charge >= 0.3 is 0 Å². The van der Waals surface area contributed by atoms with Gasteiger partial charge in [-0.25, -0.2) is 9.97 Å². The van der Waals surface area contributed by atoms with Crippen LogP contribution in [-0.2, 0) is 0 Å². The van der Waals surface area contributed by atoms with Crippen molar-refractivity contribution < 1.29 is 0 Å². The first kappa shape index (κ1) is 19.3. The number of hydrogen-bond donors (Lipinski definition) is 1. The number of piperazine rings is 1. The molecule has 0 saturated carbocycles. The molecular formula is C23H28N6. The van der Waals surface area contributed by atoms with Gasteiger partial charge in [-0.3, -0.25) is 9.88 Å². The van der Waals surface area contributed by atoms with Crippen LogP contribution in [-0.4, -0.2) is 46.0 Å². The van der Waals surface area contributed by atoms with Crippen LogP contribution in [0.1, 0.15) is 29.9 Å². The third-order valence-corrected chi connectivity index (χ3v) is 5.72. The fourth-order valence-corrected chi connectivity index (χ4v) is 4.00. The molecule has 1 unspecified atom stereocenters. The number of aryl methyl sites for hydroxylation is 2. The second-order valence-electron chi connectivity index (χ2n) is 7.65. The second-order valence-corrected chi connectivity index (χ2v) is 7.65. The van der Waals surface area contributed by atoms with E-state index < -0.39 is 0 Å². The quantitative estimate of drug-likeness (QED) is 0.736. The minimum atomic E-state index is 0.417. The van der Waals surface area contributed by atoms with Crippen LogP contribution in [0, 0.1) is 13.8 Å². The fourth-order valence-electron chi connectivity index (χ4n) is 4.00. The van der Waals surface area contributed by atoms with Crippen LogP contribution in [0.4, 0.5) is 11.6 Å². The van der Waals surface area contributed by atoms with Gasteiger partial charge < -0.3 is 10.6 Å². The van der Waals surface area contributed by atoms with Crippen LogP contribution < -0.4 is 10.6 Å². The molecule has 0 radical (unpaired) electrons. The topological polar surface area (TPSA) is 71.2 Å². The van der Waals surface area contributed by atoms with E-state index in [1.165, 1.54) is 5.56 Å². The lowest BCUT2D eigenvalue weighted by Crippen LogP contribution is -2.47. The third-order valence-electron chi connectivity index (χ3n) is 5.72. The first-order valence-corrected chi connectivity index (χ1v) is 10.1.